The maximum absolute atomic E-state index is 13.6. The molecule has 0 spiro atoms. The molecule has 0 amide bonds. The van der Waals surface area contributed by atoms with E-state index in [-0.39, 0.29) is 11.9 Å². The van der Waals surface area contributed by atoms with Gasteiger partial charge in [-0.1, -0.05) is 6.92 Å². The van der Waals surface area contributed by atoms with Crippen molar-refractivity contribution in [3.8, 4) is 22.5 Å². The molecule has 2 aromatic heterocycles. The zero-order chi connectivity index (χ0) is 24.1. The zero-order valence-electron chi connectivity index (χ0n) is 19.9. The average molecular weight is 486 g/mol. The summed E-state index contributed by atoms with van der Waals surface area (Å²) in [6, 6.07) is 10.9. The number of hydrogen-bond donors (Lipinski definition) is 2. The van der Waals surface area contributed by atoms with Crippen LogP contribution in [0.15, 0.2) is 47.8 Å². The largest absolute Gasteiger partial charge is 0.383 e. The minimum Gasteiger partial charge on any atom is -0.383 e. The van der Waals surface area contributed by atoms with Gasteiger partial charge in [0.15, 0.2) is 5.16 Å². The Morgan fingerprint density at radius 1 is 1.29 bits per heavy atom. The van der Waals surface area contributed by atoms with Crippen LogP contribution in [0.4, 0.5) is 10.2 Å². The molecular formula is C25H32FN5O2S. The zero-order valence-corrected chi connectivity index (χ0v) is 20.7. The molecule has 1 aromatic carbocycles. The normalized spacial score (nSPS) is 17.6. The first-order valence-electron chi connectivity index (χ1n) is 11.7. The van der Waals surface area contributed by atoms with Gasteiger partial charge in [0, 0.05) is 49.3 Å². The second kappa shape index (κ2) is 11.2. The van der Waals surface area contributed by atoms with Crippen LogP contribution in [-0.4, -0.2) is 57.3 Å². The van der Waals surface area contributed by atoms with Crippen LogP contribution >= 0.6 is 0 Å². The van der Waals surface area contributed by atoms with Gasteiger partial charge in [0.1, 0.15) is 11.6 Å². The van der Waals surface area contributed by atoms with Gasteiger partial charge in [0.2, 0.25) is 0 Å². The molecule has 0 bridgehead atoms. The van der Waals surface area contributed by atoms with Gasteiger partial charge in [-0.3, -0.25) is 4.21 Å². The third-order valence-electron chi connectivity index (χ3n) is 6.22. The number of halogens is 1. The predicted molar refractivity (Wildman–Crippen MR) is 134 cm³/mol. The molecule has 3 heterocycles. The molecule has 3 atom stereocenters. The summed E-state index contributed by atoms with van der Waals surface area (Å²) in [6.45, 7) is 4.16. The summed E-state index contributed by atoms with van der Waals surface area (Å²) in [6.07, 6.45) is 6.71. The quantitative estimate of drug-likeness (QED) is 0.451. The van der Waals surface area contributed by atoms with Crippen LogP contribution in [0.2, 0.25) is 0 Å². The summed E-state index contributed by atoms with van der Waals surface area (Å²) in [5, 5.41) is 7.63. The fourth-order valence-corrected chi connectivity index (χ4v) is 5.25. The lowest BCUT2D eigenvalue weighted by Gasteiger charge is -2.24. The highest BCUT2D eigenvalue weighted by Gasteiger charge is 2.25. The molecule has 182 valence electrons. The van der Waals surface area contributed by atoms with E-state index in [0.717, 1.165) is 42.0 Å². The number of imidazole rings is 1. The summed E-state index contributed by atoms with van der Waals surface area (Å²) < 4.78 is 33.5. The summed E-state index contributed by atoms with van der Waals surface area (Å²) in [7, 11) is 0.315. The molecule has 4 rings (SSSR count). The molecule has 3 unspecified atom stereocenters. The first kappa shape index (κ1) is 24.5. The number of hydrogen-bond acceptors (Lipinski definition) is 6. The molecule has 0 radical (unpaired) electrons. The first-order chi connectivity index (χ1) is 16.5. The van der Waals surface area contributed by atoms with Crippen molar-refractivity contribution in [1.29, 1.82) is 0 Å². The smallest absolute Gasteiger partial charge is 0.199 e. The Labute approximate surface area is 202 Å². The summed E-state index contributed by atoms with van der Waals surface area (Å²) in [5.74, 6) is 0.465. The molecule has 0 saturated carbocycles. The van der Waals surface area contributed by atoms with E-state index in [1.165, 1.54) is 18.6 Å². The Bertz CT molecular complexity index is 1130. The minimum absolute atomic E-state index is 0.277. The summed E-state index contributed by atoms with van der Waals surface area (Å²) in [4.78, 5) is 9.31. The molecule has 1 aliphatic rings. The van der Waals surface area contributed by atoms with E-state index >= 15 is 0 Å². The lowest BCUT2D eigenvalue weighted by atomic mass is 10.0. The first-order valence-corrected chi connectivity index (χ1v) is 13.2. The Morgan fingerprint density at radius 3 is 2.74 bits per heavy atom. The fourth-order valence-electron chi connectivity index (χ4n) is 4.53. The van der Waals surface area contributed by atoms with E-state index in [4.69, 9.17) is 9.72 Å². The van der Waals surface area contributed by atoms with Crippen molar-refractivity contribution in [1.82, 2.24) is 19.9 Å². The molecule has 34 heavy (non-hydrogen) atoms. The van der Waals surface area contributed by atoms with Gasteiger partial charge in [-0.05, 0) is 62.2 Å². The van der Waals surface area contributed by atoms with Crippen LogP contribution in [-0.2, 0) is 22.1 Å². The van der Waals surface area contributed by atoms with Gasteiger partial charge in [-0.15, -0.1) is 0 Å². The Morgan fingerprint density at radius 2 is 2.09 bits per heavy atom. The van der Waals surface area contributed by atoms with Crippen LogP contribution < -0.4 is 10.6 Å². The molecule has 3 aromatic rings. The lowest BCUT2D eigenvalue weighted by molar-refractivity contribution is 0.185. The van der Waals surface area contributed by atoms with Gasteiger partial charge < -0.3 is 19.9 Å². The molecule has 2 N–H and O–H groups in total. The Hall–Kier alpha value is -2.62. The maximum Gasteiger partial charge on any atom is 0.199 e. The standard InChI is InChI=1S/C25H32FN5O2S/c1-4-20(21-6-5-12-27-21)29-22-16-18(11-13-28-22)24-23(17-7-9-19(26)10-8-17)30-25(34(3)32)31(24)14-15-33-2/h7-11,13,16,20-21,27H,4-6,12,14-15H2,1-3H3,(H,28,29). The van der Waals surface area contributed by atoms with E-state index < -0.39 is 10.8 Å². The van der Waals surface area contributed by atoms with Crippen LogP contribution in [0.25, 0.3) is 22.5 Å². The van der Waals surface area contributed by atoms with Crippen LogP contribution in [0.5, 0.6) is 0 Å². The highest BCUT2D eigenvalue weighted by atomic mass is 32.2. The third-order valence-corrected chi connectivity index (χ3v) is 7.04. The van der Waals surface area contributed by atoms with Crippen molar-refractivity contribution in [2.75, 3.05) is 31.8 Å². The molecule has 9 heteroatoms. The fraction of sp³-hybridized carbons (Fsp3) is 0.440. The number of ether oxygens (including phenoxy) is 1. The number of rotatable bonds is 10. The van der Waals surface area contributed by atoms with Crippen LogP contribution in [0, 0.1) is 5.82 Å². The average Bonchev–Trinajstić information content (AvgIpc) is 3.50. The van der Waals surface area contributed by atoms with Gasteiger partial charge in [0.05, 0.1) is 28.8 Å². The molecule has 0 aliphatic carbocycles. The van der Waals surface area contributed by atoms with E-state index in [1.54, 1.807) is 31.7 Å². The molecule has 7 nitrogen and oxygen atoms in total. The van der Waals surface area contributed by atoms with Gasteiger partial charge in [0.25, 0.3) is 0 Å². The van der Waals surface area contributed by atoms with Gasteiger partial charge in [-0.25, -0.2) is 14.4 Å². The van der Waals surface area contributed by atoms with Crippen molar-refractivity contribution in [2.24, 2.45) is 0 Å². The molecule has 1 fully saturated rings. The number of methoxy groups -OCH3 is 1. The van der Waals surface area contributed by atoms with E-state index in [1.807, 2.05) is 16.7 Å². The van der Waals surface area contributed by atoms with Gasteiger partial charge >= 0.3 is 0 Å². The predicted octanol–water partition coefficient (Wildman–Crippen LogP) is 4.08. The highest BCUT2D eigenvalue weighted by Crippen LogP contribution is 2.35. The number of nitrogens with one attached hydrogen (secondary N) is 2. The summed E-state index contributed by atoms with van der Waals surface area (Å²) >= 11 is 0. The highest BCUT2D eigenvalue weighted by molar-refractivity contribution is 7.84. The lowest BCUT2D eigenvalue weighted by Crippen LogP contribution is -2.39. The van der Waals surface area contributed by atoms with Crippen LogP contribution in [0.1, 0.15) is 26.2 Å². The van der Waals surface area contributed by atoms with Crippen LogP contribution in [0.3, 0.4) is 0 Å². The van der Waals surface area contributed by atoms with Crippen molar-refractivity contribution >= 4 is 16.6 Å². The summed E-state index contributed by atoms with van der Waals surface area (Å²) in [5.41, 5.74) is 3.12. The van der Waals surface area contributed by atoms with Crippen molar-refractivity contribution in [3.63, 3.8) is 0 Å². The SMILES string of the molecule is CCC(Nc1cc(-c2c(-c3ccc(F)cc3)nc(S(C)=O)n2CCOC)ccn1)C1CCCN1. The number of aromatic nitrogens is 3. The number of anilines is 1. The second-order valence-electron chi connectivity index (χ2n) is 8.49. The maximum atomic E-state index is 13.6. The molecule has 1 aliphatic heterocycles. The van der Waals surface area contributed by atoms with Crippen molar-refractivity contribution in [2.45, 2.75) is 50.0 Å². The molecular weight excluding hydrogens is 453 g/mol. The van der Waals surface area contributed by atoms with E-state index in [2.05, 4.69) is 22.5 Å². The number of nitrogens with zero attached hydrogens (tertiary/aromatic N) is 3. The second-order valence-corrected chi connectivity index (χ2v) is 9.76. The van der Waals surface area contributed by atoms with E-state index in [0.29, 0.717) is 30.0 Å². The number of benzene rings is 1. The monoisotopic (exact) mass is 485 g/mol. The van der Waals surface area contributed by atoms with Crippen molar-refractivity contribution < 1.29 is 13.3 Å². The molecule has 1 saturated heterocycles. The van der Waals surface area contributed by atoms with Crippen molar-refractivity contribution in [3.05, 3.63) is 48.4 Å². The Kier molecular flexibility index (Phi) is 8.07. The number of pyridine rings is 1. The van der Waals surface area contributed by atoms with E-state index in [9.17, 15) is 8.60 Å². The third kappa shape index (κ3) is 5.37. The minimum atomic E-state index is -1.32. The Balaban J connectivity index is 1.79. The van der Waals surface area contributed by atoms with Gasteiger partial charge in [-0.2, -0.15) is 0 Å². The topological polar surface area (TPSA) is 81.1 Å².